The third kappa shape index (κ3) is 37.5. The lowest BCUT2D eigenvalue weighted by Gasteiger charge is -2.09. The second kappa shape index (κ2) is 37.6. The molecular formula is C28H55BrO12. The van der Waals surface area contributed by atoms with Crippen LogP contribution in [0.3, 0.4) is 0 Å². The summed E-state index contributed by atoms with van der Waals surface area (Å²) in [7, 11) is 0. The van der Waals surface area contributed by atoms with Crippen LogP contribution in [-0.4, -0.2) is 150 Å². The highest BCUT2D eigenvalue weighted by atomic mass is 79.9. The van der Waals surface area contributed by atoms with E-state index in [1.54, 1.807) is 0 Å². The van der Waals surface area contributed by atoms with Crippen LogP contribution < -0.4 is 0 Å². The van der Waals surface area contributed by atoms with Crippen LogP contribution in [-0.2, 0) is 56.9 Å². The van der Waals surface area contributed by atoms with Crippen LogP contribution in [0.2, 0.25) is 0 Å². The third-order valence-electron chi connectivity index (χ3n) is 5.04. The average molecular weight is 664 g/mol. The predicted molar refractivity (Wildman–Crippen MR) is 157 cm³/mol. The van der Waals surface area contributed by atoms with Crippen molar-refractivity contribution in [2.45, 2.75) is 32.6 Å². The SMILES string of the molecule is CCCCCC(=O)OCCOCCOCCOCCOCCOCCOCCOCCOCCOCCOCCBr. The Balaban J connectivity index is 3.06. The summed E-state index contributed by atoms with van der Waals surface area (Å²) in [5, 5.41) is 0.836. The van der Waals surface area contributed by atoms with E-state index < -0.39 is 0 Å². The monoisotopic (exact) mass is 662 g/mol. The van der Waals surface area contributed by atoms with Crippen LogP contribution in [0.15, 0.2) is 0 Å². The zero-order valence-electron chi connectivity index (χ0n) is 25.2. The normalized spacial score (nSPS) is 11.4. The Morgan fingerprint density at radius 3 is 0.951 bits per heavy atom. The van der Waals surface area contributed by atoms with Crippen molar-refractivity contribution in [2.24, 2.45) is 0 Å². The second-order valence-corrected chi connectivity index (χ2v) is 9.28. The van der Waals surface area contributed by atoms with Crippen molar-refractivity contribution in [2.75, 3.05) is 144 Å². The molecule has 0 aromatic carbocycles. The summed E-state index contributed by atoms with van der Waals surface area (Å²) in [4.78, 5) is 11.4. The summed E-state index contributed by atoms with van der Waals surface area (Å²) in [6.07, 6.45) is 3.50. The molecule has 0 aromatic heterocycles. The minimum absolute atomic E-state index is 0.158. The van der Waals surface area contributed by atoms with Gasteiger partial charge in [-0.05, 0) is 6.42 Å². The van der Waals surface area contributed by atoms with Crippen molar-refractivity contribution in [1.29, 1.82) is 0 Å². The molecule has 0 rings (SSSR count). The molecule has 0 fully saturated rings. The Morgan fingerprint density at radius 1 is 0.415 bits per heavy atom. The molecule has 0 unspecified atom stereocenters. The number of ether oxygens (including phenoxy) is 11. The molecule has 0 bridgehead atoms. The Morgan fingerprint density at radius 2 is 0.683 bits per heavy atom. The van der Waals surface area contributed by atoms with Gasteiger partial charge in [0.05, 0.1) is 132 Å². The molecule has 41 heavy (non-hydrogen) atoms. The lowest BCUT2D eigenvalue weighted by molar-refractivity contribution is -0.145. The zero-order valence-corrected chi connectivity index (χ0v) is 26.7. The van der Waals surface area contributed by atoms with Gasteiger partial charge in [-0.15, -0.1) is 0 Å². The van der Waals surface area contributed by atoms with Crippen LogP contribution in [0.25, 0.3) is 0 Å². The molecule has 0 amide bonds. The quantitative estimate of drug-likeness (QED) is 0.0557. The molecule has 0 saturated heterocycles. The van der Waals surface area contributed by atoms with Gasteiger partial charge in [-0.25, -0.2) is 0 Å². The van der Waals surface area contributed by atoms with Gasteiger partial charge >= 0.3 is 5.97 Å². The van der Waals surface area contributed by atoms with Gasteiger partial charge in [0.15, 0.2) is 0 Å². The summed E-state index contributed by atoms with van der Waals surface area (Å²) in [6.45, 7) is 12.8. The molecule has 0 atom stereocenters. The van der Waals surface area contributed by atoms with Gasteiger partial charge in [0, 0.05) is 11.8 Å². The minimum Gasteiger partial charge on any atom is -0.463 e. The largest absolute Gasteiger partial charge is 0.463 e. The Labute approximate surface area is 255 Å². The van der Waals surface area contributed by atoms with E-state index in [1.165, 1.54) is 0 Å². The van der Waals surface area contributed by atoms with Crippen LogP contribution >= 0.6 is 15.9 Å². The molecule has 0 heterocycles. The van der Waals surface area contributed by atoms with E-state index in [0.29, 0.717) is 139 Å². The summed E-state index contributed by atoms with van der Waals surface area (Å²) in [6, 6.07) is 0. The van der Waals surface area contributed by atoms with Crippen molar-refractivity contribution in [3.8, 4) is 0 Å². The topological polar surface area (TPSA) is 119 Å². The molecule has 0 spiro atoms. The van der Waals surface area contributed by atoms with Gasteiger partial charge in [0.25, 0.3) is 0 Å². The van der Waals surface area contributed by atoms with E-state index >= 15 is 0 Å². The predicted octanol–water partition coefficient (Wildman–Crippen LogP) is 2.67. The maximum atomic E-state index is 11.4. The zero-order chi connectivity index (χ0) is 29.7. The highest BCUT2D eigenvalue weighted by Gasteiger charge is 2.02. The van der Waals surface area contributed by atoms with Crippen molar-refractivity contribution in [1.82, 2.24) is 0 Å². The second-order valence-electron chi connectivity index (χ2n) is 8.49. The molecule has 0 aromatic rings. The molecule has 0 aliphatic heterocycles. The van der Waals surface area contributed by atoms with Crippen molar-refractivity contribution < 1.29 is 56.9 Å². The number of hydrogen-bond acceptors (Lipinski definition) is 12. The van der Waals surface area contributed by atoms with Crippen LogP contribution in [0.5, 0.6) is 0 Å². The maximum absolute atomic E-state index is 11.4. The fraction of sp³-hybridized carbons (Fsp3) is 0.964. The smallest absolute Gasteiger partial charge is 0.305 e. The average Bonchev–Trinajstić information content (AvgIpc) is 2.98. The molecule has 0 aliphatic rings. The molecule has 0 N–H and O–H groups in total. The molecule has 246 valence electrons. The van der Waals surface area contributed by atoms with Gasteiger partial charge in [-0.1, -0.05) is 35.7 Å². The fourth-order valence-electron chi connectivity index (χ4n) is 2.94. The summed E-state index contributed by atoms with van der Waals surface area (Å²) >= 11 is 3.30. The van der Waals surface area contributed by atoms with Crippen molar-refractivity contribution in [3.63, 3.8) is 0 Å². The highest BCUT2D eigenvalue weighted by molar-refractivity contribution is 9.09. The van der Waals surface area contributed by atoms with Gasteiger partial charge in [-0.2, -0.15) is 0 Å². The first-order chi connectivity index (χ1) is 20.3. The Hall–Kier alpha value is -0.450. The van der Waals surface area contributed by atoms with Gasteiger partial charge in [0.2, 0.25) is 0 Å². The number of esters is 1. The number of unbranched alkanes of at least 4 members (excludes halogenated alkanes) is 2. The van der Waals surface area contributed by atoms with Crippen LogP contribution in [0.4, 0.5) is 0 Å². The van der Waals surface area contributed by atoms with Crippen LogP contribution in [0.1, 0.15) is 32.6 Å². The number of rotatable bonds is 36. The van der Waals surface area contributed by atoms with Gasteiger partial charge < -0.3 is 52.1 Å². The highest BCUT2D eigenvalue weighted by Crippen LogP contribution is 2.00. The molecule has 0 radical (unpaired) electrons. The van der Waals surface area contributed by atoms with E-state index in [0.717, 1.165) is 24.6 Å². The van der Waals surface area contributed by atoms with E-state index in [9.17, 15) is 4.79 Å². The Bertz CT molecular complexity index is 505. The molecule has 13 heteroatoms. The van der Waals surface area contributed by atoms with Gasteiger partial charge in [-0.3, -0.25) is 4.79 Å². The Kier molecular flexibility index (Phi) is 37.2. The van der Waals surface area contributed by atoms with E-state index in [2.05, 4.69) is 22.9 Å². The first kappa shape index (κ1) is 40.5. The molecular weight excluding hydrogens is 608 g/mol. The van der Waals surface area contributed by atoms with Gasteiger partial charge in [0.1, 0.15) is 6.61 Å². The number of halogens is 1. The van der Waals surface area contributed by atoms with E-state index in [1.807, 2.05) is 0 Å². The lowest BCUT2D eigenvalue weighted by atomic mass is 10.2. The third-order valence-corrected chi connectivity index (χ3v) is 5.37. The minimum atomic E-state index is -0.158. The summed E-state index contributed by atoms with van der Waals surface area (Å²) in [5.41, 5.74) is 0. The summed E-state index contributed by atoms with van der Waals surface area (Å²) in [5.74, 6) is -0.158. The molecule has 0 saturated carbocycles. The first-order valence-electron chi connectivity index (χ1n) is 14.8. The number of hydrogen-bond donors (Lipinski definition) is 0. The molecule has 12 nitrogen and oxygen atoms in total. The van der Waals surface area contributed by atoms with Crippen molar-refractivity contribution in [3.05, 3.63) is 0 Å². The number of carbonyl (C=O) groups is 1. The lowest BCUT2D eigenvalue weighted by Crippen LogP contribution is -2.15. The van der Waals surface area contributed by atoms with Crippen LogP contribution in [0, 0.1) is 0 Å². The summed E-state index contributed by atoms with van der Waals surface area (Å²) < 4.78 is 59.2. The first-order valence-corrected chi connectivity index (χ1v) is 15.9. The maximum Gasteiger partial charge on any atom is 0.305 e. The van der Waals surface area contributed by atoms with E-state index in [-0.39, 0.29) is 12.6 Å². The molecule has 0 aliphatic carbocycles. The van der Waals surface area contributed by atoms with Crippen molar-refractivity contribution >= 4 is 21.9 Å². The number of carbonyl (C=O) groups excluding carboxylic acids is 1. The standard InChI is InChI=1S/C28H55BrO12/c1-2-3-4-5-28(30)41-27-26-40-25-24-39-23-22-38-21-20-37-19-18-36-17-16-35-15-14-34-13-12-33-11-10-32-9-8-31-7-6-29/h2-27H2,1H3. The number of alkyl halides is 1. The van der Waals surface area contributed by atoms with E-state index in [4.69, 9.17) is 52.1 Å². The fourth-order valence-corrected chi connectivity index (χ4v) is 3.17.